The lowest BCUT2D eigenvalue weighted by atomic mass is 10.0. The van der Waals surface area contributed by atoms with Crippen LogP contribution in [-0.2, 0) is 9.59 Å². The lowest BCUT2D eigenvalue weighted by Crippen LogP contribution is -3.11. The molecule has 2 aromatic carbocycles. The summed E-state index contributed by atoms with van der Waals surface area (Å²) in [6.07, 6.45) is 2.05. The van der Waals surface area contributed by atoms with Gasteiger partial charge in [0.2, 0.25) is 0 Å². The molecule has 0 radical (unpaired) electrons. The Morgan fingerprint density at radius 2 is 1.77 bits per heavy atom. The molecule has 3 N–H and O–H groups in total. The van der Waals surface area contributed by atoms with Gasteiger partial charge in [0.1, 0.15) is 0 Å². The van der Waals surface area contributed by atoms with Crippen molar-refractivity contribution in [2.45, 2.75) is 24.9 Å². The summed E-state index contributed by atoms with van der Waals surface area (Å²) in [5.41, 5.74) is 1.47. The van der Waals surface area contributed by atoms with Crippen molar-refractivity contribution in [3.63, 3.8) is 0 Å². The molecule has 136 valence electrons. The average molecular weight is 373 g/mol. The number of anilines is 1. The van der Waals surface area contributed by atoms with E-state index in [1.165, 1.54) is 0 Å². The predicted octanol–water partition coefficient (Wildman–Crippen LogP) is 1.81. The van der Waals surface area contributed by atoms with Crippen LogP contribution < -0.4 is 15.5 Å². The van der Waals surface area contributed by atoms with E-state index in [1.54, 1.807) is 12.1 Å². The summed E-state index contributed by atoms with van der Waals surface area (Å²) < 4.78 is 0. The van der Waals surface area contributed by atoms with Crippen LogP contribution in [0.2, 0.25) is 5.02 Å². The van der Waals surface area contributed by atoms with E-state index < -0.39 is 6.04 Å². The number of nitrogens with one attached hydrogen (secondary N) is 3. The molecule has 2 amide bonds. The van der Waals surface area contributed by atoms with E-state index in [9.17, 15) is 9.59 Å². The first kappa shape index (κ1) is 18.4. The van der Waals surface area contributed by atoms with E-state index in [4.69, 9.17) is 11.6 Å². The third-order valence-corrected chi connectivity index (χ3v) is 4.73. The second-order valence-corrected chi connectivity index (χ2v) is 7.08. The first-order chi connectivity index (χ1) is 12.5. The molecule has 0 heterocycles. The van der Waals surface area contributed by atoms with Crippen LogP contribution in [0.5, 0.6) is 0 Å². The largest absolute Gasteiger partial charge is 0.348 e. The van der Waals surface area contributed by atoms with Gasteiger partial charge in [-0.1, -0.05) is 54.1 Å². The predicted molar refractivity (Wildman–Crippen MR) is 102 cm³/mol. The topological polar surface area (TPSA) is 62.6 Å². The van der Waals surface area contributed by atoms with E-state index in [-0.39, 0.29) is 24.4 Å². The Kier molecular flexibility index (Phi) is 5.91. The molecule has 3 rings (SSSR count). The average Bonchev–Trinajstić information content (AvgIpc) is 3.42. The van der Waals surface area contributed by atoms with Crippen molar-refractivity contribution in [3.8, 4) is 0 Å². The van der Waals surface area contributed by atoms with E-state index in [0.717, 1.165) is 23.3 Å². The molecule has 6 heteroatoms. The molecule has 1 aliphatic rings. The van der Waals surface area contributed by atoms with Gasteiger partial charge in [-0.3, -0.25) is 9.59 Å². The van der Waals surface area contributed by atoms with Crippen molar-refractivity contribution in [2.24, 2.45) is 0 Å². The zero-order valence-electron chi connectivity index (χ0n) is 14.7. The minimum absolute atomic E-state index is 0.0401. The Hall–Kier alpha value is -2.37. The molecule has 1 aliphatic carbocycles. The van der Waals surface area contributed by atoms with Crippen LogP contribution in [0.25, 0.3) is 0 Å². The van der Waals surface area contributed by atoms with Gasteiger partial charge in [-0.15, -0.1) is 0 Å². The summed E-state index contributed by atoms with van der Waals surface area (Å²) in [4.78, 5) is 26.0. The highest BCUT2D eigenvalue weighted by atomic mass is 35.5. The lowest BCUT2D eigenvalue weighted by molar-refractivity contribution is -0.894. The molecule has 2 aromatic rings. The van der Waals surface area contributed by atoms with Crippen LogP contribution >= 0.6 is 11.6 Å². The Balaban J connectivity index is 1.70. The van der Waals surface area contributed by atoms with Crippen molar-refractivity contribution >= 4 is 29.1 Å². The maximum absolute atomic E-state index is 12.7. The third kappa shape index (κ3) is 4.84. The fraction of sp³-hybridized carbons (Fsp3) is 0.300. The van der Waals surface area contributed by atoms with E-state index >= 15 is 0 Å². The van der Waals surface area contributed by atoms with Crippen molar-refractivity contribution in [1.82, 2.24) is 5.32 Å². The summed E-state index contributed by atoms with van der Waals surface area (Å²) >= 11 is 6.09. The molecule has 0 aliphatic heterocycles. The van der Waals surface area contributed by atoms with E-state index in [1.807, 2.05) is 49.5 Å². The van der Waals surface area contributed by atoms with Crippen LogP contribution in [0.1, 0.15) is 24.4 Å². The molecule has 1 saturated carbocycles. The molecule has 1 fully saturated rings. The van der Waals surface area contributed by atoms with Gasteiger partial charge >= 0.3 is 0 Å². The van der Waals surface area contributed by atoms with Gasteiger partial charge in [0.25, 0.3) is 11.8 Å². The van der Waals surface area contributed by atoms with Crippen LogP contribution in [0.3, 0.4) is 0 Å². The summed E-state index contributed by atoms with van der Waals surface area (Å²) in [5, 5.41) is 6.36. The first-order valence-electron chi connectivity index (χ1n) is 8.76. The number of likely N-dealkylation sites (N-methyl/N-ethyl adjacent to an activating group) is 1. The van der Waals surface area contributed by atoms with Gasteiger partial charge in [-0.05, 0) is 25.0 Å². The number of carbonyl (C=O) groups excluding carboxylic acids is 2. The Morgan fingerprint density at radius 1 is 1.12 bits per heavy atom. The van der Waals surface area contributed by atoms with Crippen molar-refractivity contribution in [3.05, 3.63) is 65.2 Å². The van der Waals surface area contributed by atoms with Gasteiger partial charge in [0, 0.05) is 11.6 Å². The number of rotatable bonds is 7. The van der Waals surface area contributed by atoms with Crippen molar-refractivity contribution in [1.29, 1.82) is 0 Å². The van der Waals surface area contributed by atoms with Gasteiger partial charge < -0.3 is 15.5 Å². The molecular formula is C20H23ClN3O2+. The smallest absolute Gasteiger partial charge is 0.283 e. The normalized spacial score (nSPS) is 15.8. The molecule has 0 saturated heterocycles. The zero-order valence-corrected chi connectivity index (χ0v) is 15.4. The number of hydrogen-bond donors (Lipinski definition) is 3. The molecule has 0 bridgehead atoms. The van der Waals surface area contributed by atoms with Gasteiger partial charge in [-0.25, -0.2) is 0 Å². The van der Waals surface area contributed by atoms with Gasteiger partial charge in [0.15, 0.2) is 12.6 Å². The molecule has 0 aromatic heterocycles. The lowest BCUT2D eigenvalue weighted by Gasteiger charge is -2.24. The van der Waals surface area contributed by atoms with E-state index in [0.29, 0.717) is 10.7 Å². The highest BCUT2D eigenvalue weighted by Crippen LogP contribution is 2.21. The van der Waals surface area contributed by atoms with Crippen LogP contribution in [-0.4, -0.2) is 31.4 Å². The zero-order chi connectivity index (χ0) is 18.5. The number of carbonyl (C=O) groups is 2. The summed E-state index contributed by atoms with van der Waals surface area (Å²) in [6, 6.07) is 16.5. The molecule has 2 atom stereocenters. The maximum Gasteiger partial charge on any atom is 0.283 e. The van der Waals surface area contributed by atoms with E-state index in [2.05, 4.69) is 10.6 Å². The molecule has 26 heavy (non-hydrogen) atoms. The fourth-order valence-electron chi connectivity index (χ4n) is 2.93. The van der Waals surface area contributed by atoms with Crippen LogP contribution in [0.4, 0.5) is 5.69 Å². The summed E-state index contributed by atoms with van der Waals surface area (Å²) in [5.74, 6) is -0.225. The van der Waals surface area contributed by atoms with Crippen LogP contribution in [0, 0.1) is 0 Å². The number of quaternary nitrogens is 1. The summed E-state index contributed by atoms with van der Waals surface area (Å²) in [7, 11) is 1.86. The fourth-order valence-corrected chi connectivity index (χ4v) is 3.11. The van der Waals surface area contributed by atoms with Crippen LogP contribution in [0.15, 0.2) is 54.6 Å². The third-order valence-electron chi connectivity index (χ3n) is 4.40. The SMILES string of the molecule is C[NH+](CC(=O)Nc1ccccc1Cl)[C@H](C(=O)NC1CC1)c1ccccc1. The first-order valence-corrected chi connectivity index (χ1v) is 9.14. The van der Waals surface area contributed by atoms with Gasteiger partial charge in [-0.2, -0.15) is 0 Å². The minimum Gasteiger partial charge on any atom is -0.348 e. The van der Waals surface area contributed by atoms with Crippen molar-refractivity contribution in [2.75, 3.05) is 18.9 Å². The number of benzene rings is 2. The Labute approximate surface area is 158 Å². The quantitative estimate of drug-likeness (QED) is 0.694. The minimum atomic E-state index is -0.436. The number of hydrogen-bond acceptors (Lipinski definition) is 2. The molecule has 5 nitrogen and oxygen atoms in total. The summed E-state index contributed by atoms with van der Waals surface area (Å²) in [6.45, 7) is 0.156. The molecular weight excluding hydrogens is 350 g/mol. The molecule has 1 unspecified atom stereocenters. The van der Waals surface area contributed by atoms with Crippen molar-refractivity contribution < 1.29 is 14.5 Å². The standard InChI is InChI=1S/C20H22ClN3O2/c1-24(13-18(25)23-17-10-6-5-9-16(17)21)19(14-7-3-2-4-8-14)20(26)22-15-11-12-15/h2-10,15,19H,11-13H2,1H3,(H,22,26)(H,23,25)/p+1/t19-/m0/s1. The number of halogens is 1. The second-order valence-electron chi connectivity index (χ2n) is 6.68. The number of para-hydroxylation sites is 1. The Bertz CT molecular complexity index is 778. The highest BCUT2D eigenvalue weighted by Gasteiger charge is 2.34. The number of amides is 2. The monoisotopic (exact) mass is 372 g/mol. The maximum atomic E-state index is 12.7. The second kappa shape index (κ2) is 8.34. The highest BCUT2D eigenvalue weighted by molar-refractivity contribution is 6.33. The molecule has 0 spiro atoms. The Morgan fingerprint density at radius 3 is 2.42 bits per heavy atom. The van der Waals surface area contributed by atoms with Gasteiger partial charge in [0.05, 0.1) is 17.8 Å².